The lowest BCUT2D eigenvalue weighted by atomic mass is 10.2. The first-order valence-corrected chi connectivity index (χ1v) is 7.71. The maximum absolute atomic E-state index is 12.5. The minimum atomic E-state index is -3.38. The van der Waals surface area contributed by atoms with Gasteiger partial charge in [0.1, 0.15) is 0 Å². The van der Waals surface area contributed by atoms with Crippen LogP contribution in [0, 0.1) is 6.92 Å². The SMILES string of the molecule is Cc1cc(S(=O)(=O)N(C)C2CCCC2)ccc1N. The standard InChI is InChI=1S/C13H20N2O2S/c1-10-9-12(7-8-13(10)14)18(16,17)15(2)11-5-3-4-6-11/h7-9,11H,3-6,14H2,1-2H3. The van der Waals surface area contributed by atoms with Gasteiger partial charge in [0.25, 0.3) is 0 Å². The van der Waals surface area contributed by atoms with Gasteiger partial charge in [-0.05, 0) is 43.5 Å². The summed E-state index contributed by atoms with van der Waals surface area (Å²) in [6, 6.07) is 5.04. The fourth-order valence-electron chi connectivity index (χ4n) is 2.44. The summed E-state index contributed by atoms with van der Waals surface area (Å²) in [6.45, 7) is 1.82. The van der Waals surface area contributed by atoms with Crippen LogP contribution in [0.5, 0.6) is 0 Å². The van der Waals surface area contributed by atoms with Crippen LogP contribution in [0.15, 0.2) is 23.1 Å². The highest BCUT2D eigenvalue weighted by Crippen LogP contribution is 2.28. The molecule has 18 heavy (non-hydrogen) atoms. The Morgan fingerprint density at radius 2 is 1.89 bits per heavy atom. The van der Waals surface area contributed by atoms with E-state index in [1.165, 1.54) is 4.31 Å². The number of rotatable bonds is 3. The van der Waals surface area contributed by atoms with E-state index in [9.17, 15) is 8.42 Å². The zero-order chi connectivity index (χ0) is 13.3. The minimum absolute atomic E-state index is 0.146. The van der Waals surface area contributed by atoms with E-state index >= 15 is 0 Å². The third kappa shape index (κ3) is 2.37. The molecule has 0 atom stereocenters. The van der Waals surface area contributed by atoms with Gasteiger partial charge in [-0.15, -0.1) is 0 Å². The Hall–Kier alpha value is -1.07. The fraction of sp³-hybridized carbons (Fsp3) is 0.538. The molecule has 1 saturated carbocycles. The second-order valence-electron chi connectivity index (χ2n) is 4.98. The lowest BCUT2D eigenvalue weighted by Crippen LogP contribution is -2.35. The highest BCUT2D eigenvalue weighted by molar-refractivity contribution is 7.89. The molecule has 0 unspecified atom stereocenters. The lowest BCUT2D eigenvalue weighted by molar-refractivity contribution is 0.373. The second kappa shape index (κ2) is 4.90. The van der Waals surface area contributed by atoms with E-state index in [0.717, 1.165) is 31.2 Å². The van der Waals surface area contributed by atoms with Crippen molar-refractivity contribution in [3.8, 4) is 0 Å². The maximum atomic E-state index is 12.5. The van der Waals surface area contributed by atoms with Crippen LogP contribution in [0.2, 0.25) is 0 Å². The molecule has 1 aliphatic rings. The van der Waals surface area contributed by atoms with Crippen molar-refractivity contribution in [3.63, 3.8) is 0 Å². The molecule has 0 aromatic heterocycles. The molecule has 1 aromatic carbocycles. The van der Waals surface area contributed by atoms with Gasteiger partial charge in [-0.1, -0.05) is 12.8 Å². The molecule has 0 aliphatic heterocycles. The van der Waals surface area contributed by atoms with Crippen molar-refractivity contribution in [3.05, 3.63) is 23.8 Å². The van der Waals surface area contributed by atoms with Crippen LogP contribution in [0.1, 0.15) is 31.2 Å². The third-order valence-electron chi connectivity index (χ3n) is 3.76. The van der Waals surface area contributed by atoms with Crippen LogP contribution in [-0.4, -0.2) is 25.8 Å². The van der Waals surface area contributed by atoms with Crippen LogP contribution < -0.4 is 5.73 Å². The van der Waals surface area contributed by atoms with Crippen molar-refractivity contribution in [2.75, 3.05) is 12.8 Å². The Morgan fingerprint density at radius 1 is 1.28 bits per heavy atom. The Bertz CT molecular complexity index is 534. The number of benzene rings is 1. The molecule has 0 heterocycles. The number of hydrogen-bond acceptors (Lipinski definition) is 3. The van der Waals surface area contributed by atoms with Crippen molar-refractivity contribution < 1.29 is 8.42 Å². The summed E-state index contributed by atoms with van der Waals surface area (Å²) in [7, 11) is -1.71. The first kappa shape index (κ1) is 13.4. The van der Waals surface area contributed by atoms with Crippen molar-refractivity contribution in [1.82, 2.24) is 4.31 Å². The molecule has 0 amide bonds. The molecule has 4 nitrogen and oxygen atoms in total. The number of nitrogen functional groups attached to an aromatic ring is 1. The average molecular weight is 268 g/mol. The van der Waals surface area contributed by atoms with E-state index in [1.807, 2.05) is 6.92 Å². The van der Waals surface area contributed by atoms with E-state index in [1.54, 1.807) is 25.2 Å². The molecule has 1 aromatic rings. The summed E-state index contributed by atoms with van der Waals surface area (Å²) in [6.07, 6.45) is 4.16. The maximum Gasteiger partial charge on any atom is 0.243 e. The van der Waals surface area contributed by atoms with Crippen molar-refractivity contribution in [2.24, 2.45) is 0 Å². The predicted molar refractivity (Wildman–Crippen MR) is 72.8 cm³/mol. The highest BCUT2D eigenvalue weighted by Gasteiger charge is 2.29. The predicted octanol–water partition coefficient (Wildman–Crippen LogP) is 2.14. The number of hydrogen-bond donors (Lipinski definition) is 1. The van der Waals surface area contributed by atoms with Crippen molar-refractivity contribution in [1.29, 1.82) is 0 Å². The molecular formula is C13H20N2O2S. The lowest BCUT2D eigenvalue weighted by Gasteiger charge is -2.23. The van der Waals surface area contributed by atoms with Gasteiger partial charge < -0.3 is 5.73 Å². The quantitative estimate of drug-likeness (QED) is 0.854. The summed E-state index contributed by atoms with van der Waals surface area (Å²) in [5.41, 5.74) is 7.15. The summed E-state index contributed by atoms with van der Waals surface area (Å²) in [4.78, 5) is 0.337. The average Bonchev–Trinajstić information content (AvgIpc) is 2.85. The first-order valence-electron chi connectivity index (χ1n) is 6.27. The summed E-state index contributed by atoms with van der Waals surface area (Å²) < 4.78 is 26.5. The Morgan fingerprint density at radius 3 is 2.44 bits per heavy atom. The van der Waals surface area contributed by atoms with Crippen LogP contribution in [0.4, 0.5) is 5.69 Å². The molecule has 0 bridgehead atoms. The van der Waals surface area contributed by atoms with Crippen LogP contribution in [-0.2, 0) is 10.0 Å². The number of aryl methyl sites for hydroxylation is 1. The Kier molecular flexibility index (Phi) is 3.64. The van der Waals surface area contributed by atoms with Crippen LogP contribution >= 0.6 is 0 Å². The summed E-state index contributed by atoms with van der Waals surface area (Å²) in [5, 5.41) is 0. The van der Waals surface area contributed by atoms with Crippen LogP contribution in [0.25, 0.3) is 0 Å². The van der Waals surface area contributed by atoms with E-state index < -0.39 is 10.0 Å². The zero-order valence-electron chi connectivity index (χ0n) is 10.9. The molecule has 100 valence electrons. The second-order valence-corrected chi connectivity index (χ2v) is 6.98. The van der Waals surface area contributed by atoms with E-state index in [-0.39, 0.29) is 6.04 Å². The van der Waals surface area contributed by atoms with Gasteiger partial charge in [0, 0.05) is 18.8 Å². The van der Waals surface area contributed by atoms with Gasteiger partial charge in [-0.25, -0.2) is 8.42 Å². The summed E-state index contributed by atoms with van der Waals surface area (Å²) >= 11 is 0. The zero-order valence-corrected chi connectivity index (χ0v) is 11.7. The van der Waals surface area contributed by atoms with E-state index in [4.69, 9.17) is 5.73 Å². The number of nitrogens with zero attached hydrogens (tertiary/aromatic N) is 1. The molecule has 0 spiro atoms. The van der Waals surface area contributed by atoms with Gasteiger partial charge in [0.2, 0.25) is 10.0 Å². The molecule has 2 rings (SSSR count). The molecule has 1 fully saturated rings. The van der Waals surface area contributed by atoms with Gasteiger partial charge in [0.05, 0.1) is 4.90 Å². The summed E-state index contributed by atoms with van der Waals surface area (Å²) in [5.74, 6) is 0. The number of sulfonamides is 1. The van der Waals surface area contributed by atoms with Gasteiger partial charge in [-0.2, -0.15) is 4.31 Å². The Labute approximate surface area is 109 Å². The van der Waals surface area contributed by atoms with Crippen LogP contribution in [0.3, 0.4) is 0 Å². The smallest absolute Gasteiger partial charge is 0.243 e. The van der Waals surface area contributed by atoms with E-state index in [0.29, 0.717) is 10.6 Å². The van der Waals surface area contributed by atoms with Gasteiger partial charge in [0.15, 0.2) is 0 Å². The topological polar surface area (TPSA) is 63.4 Å². The molecule has 5 heteroatoms. The largest absolute Gasteiger partial charge is 0.399 e. The Balaban J connectivity index is 2.32. The monoisotopic (exact) mass is 268 g/mol. The van der Waals surface area contributed by atoms with Gasteiger partial charge in [-0.3, -0.25) is 0 Å². The molecular weight excluding hydrogens is 248 g/mol. The minimum Gasteiger partial charge on any atom is -0.399 e. The fourth-order valence-corrected chi connectivity index (χ4v) is 3.94. The highest BCUT2D eigenvalue weighted by atomic mass is 32.2. The molecule has 1 aliphatic carbocycles. The molecule has 0 radical (unpaired) electrons. The van der Waals surface area contributed by atoms with E-state index in [2.05, 4.69) is 0 Å². The number of anilines is 1. The van der Waals surface area contributed by atoms with Crippen molar-refractivity contribution in [2.45, 2.75) is 43.5 Å². The normalized spacial score (nSPS) is 17.5. The van der Waals surface area contributed by atoms with Gasteiger partial charge >= 0.3 is 0 Å². The van der Waals surface area contributed by atoms with Crippen molar-refractivity contribution >= 4 is 15.7 Å². The number of nitrogens with two attached hydrogens (primary N) is 1. The molecule has 0 saturated heterocycles. The molecule has 2 N–H and O–H groups in total. The first-order chi connectivity index (χ1) is 8.43. The third-order valence-corrected chi connectivity index (χ3v) is 5.66.